The minimum absolute atomic E-state index is 0.0334. The zero-order chi connectivity index (χ0) is 21.6. The van der Waals surface area contributed by atoms with Gasteiger partial charge in [-0.1, -0.05) is 0 Å². The molecule has 0 aromatic heterocycles. The van der Waals surface area contributed by atoms with Crippen molar-refractivity contribution in [3.63, 3.8) is 0 Å². The first-order chi connectivity index (χ1) is 14.5. The average Bonchev–Trinajstić information content (AvgIpc) is 3.21. The molecular formula is C23H24O8. The number of hydrogen-bond acceptors (Lipinski definition) is 8. The first-order valence-corrected chi connectivity index (χ1v) is 11.4. The predicted octanol–water partition coefficient (Wildman–Crippen LogP) is 1.27. The van der Waals surface area contributed by atoms with Gasteiger partial charge in [-0.05, 0) is 59.7 Å². The van der Waals surface area contributed by atoms with Gasteiger partial charge in [-0.3, -0.25) is 19.2 Å². The first kappa shape index (κ1) is 17.4. The molecule has 0 aromatic carbocycles. The van der Waals surface area contributed by atoms with Crippen LogP contribution in [0.1, 0.15) is 34.1 Å². The fourth-order valence-corrected chi connectivity index (χ4v) is 11.1. The minimum atomic E-state index is -1.62. The van der Waals surface area contributed by atoms with E-state index in [9.17, 15) is 19.2 Å². The van der Waals surface area contributed by atoms with Crippen LogP contribution in [0.2, 0.25) is 0 Å². The van der Waals surface area contributed by atoms with Gasteiger partial charge in [-0.15, -0.1) is 0 Å². The molecule has 4 bridgehead atoms. The number of cyclic esters (lactones) is 4. The third-order valence-corrected chi connectivity index (χ3v) is 10.7. The molecule has 0 N–H and O–H groups in total. The molecule has 2 aliphatic heterocycles. The molecule has 8 nitrogen and oxygen atoms in total. The lowest BCUT2D eigenvalue weighted by Gasteiger charge is -2.53. The van der Waals surface area contributed by atoms with Crippen LogP contribution in [-0.2, 0) is 38.1 Å². The molecule has 2 saturated heterocycles. The van der Waals surface area contributed by atoms with Crippen molar-refractivity contribution in [3.05, 3.63) is 0 Å². The Balaban J connectivity index is 1.40. The highest BCUT2D eigenvalue weighted by atomic mass is 16.8. The van der Waals surface area contributed by atoms with Gasteiger partial charge in [0.2, 0.25) is 0 Å². The molecule has 31 heavy (non-hydrogen) atoms. The van der Waals surface area contributed by atoms with Crippen LogP contribution in [0.4, 0.5) is 0 Å². The van der Waals surface area contributed by atoms with E-state index in [0.29, 0.717) is 23.7 Å². The summed E-state index contributed by atoms with van der Waals surface area (Å²) in [7, 11) is 0. The second-order valence-electron chi connectivity index (χ2n) is 12.0. The molecule has 10 atom stereocenters. The summed E-state index contributed by atoms with van der Waals surface area (Å²) >= 11 is 0. The molecule has 0 aromatic rings. The van der Waals surface area contributed by atoms with E-state index in [4.69, 9.17) is 18.9 Å². The van der Waals surface area contributed by atoms with Gasteiger partial charge in [0, 0.05) is 33.1 Å². The minimum Gasteiger partial charge on any atom is -0.422 e. The predicted molar refractivity (Wildman–Crippen MR) is 96.9 cm³/mol. The van der Waals surface area contributed by atoms with Crippen LogP contribution >= 0.6 is 0 Å². The lowest BCUT2D eigenvalue weighted by Crippen LogP contribution is -2.66. The number of esters is 4. The topological polar surface area (TPSA) is 105 Å². The van der Waals surface area contributed by atoms with Crippen LogP contribution in [0.25, 0.3) is 0 Å². The molecule has 7 aliphatic carbocycles. The first-order valence-electron chi connectivity index (χ1n) is 11.4. The number of rotatable bonds is 1. The van der Waals surface area contributed by atoms with Crippen molar-refractivity contribution in [1.29, 1.82) is 0 Å². The molecule has 9 rings (SSSR count). The smallest absolute Gasteiger partial charge is 0.327 e. The molecule has 0 amide bonds. The zero-order valence-electron chi connectivity index (χ0n) is 17.7. The Bertz CT molecular complexity index is 1020. The maximum atomic E-state index is 13.8. The normalized spacial score (nSPS) is 56.7. The molecule has 9 fully saturated rings. The highest BCUT2D eigenvalue weighted by Crippen LogP contribution is 2.99. The number of hydrogen-bond donors (Lipinski definition) is 0. The monoisotopic (exact) mass is 428 g/mol. The molecule has 1 spiro atoms. The van der Waals surface area contributed by atoms with Crippen LogP contribution in [0.15, 0.2) is 0 Å². The second kappa shape index (κ2) is 4.25. The van der Waals surface area contributed by atoms with Gasteiger partial charge < -0.3 is 18.9 Å². The van der Waals surface area contributed by atoms with E-state index < -0.39 is 52.2 Å². The van der Waals surface area contributed by atoms with Crippen molar-refractivity contribution >= 4 is 23.9 Å². The third-order valence-electron chi connectivity index (χ3n) is 10.7. The van der Waals surface area contributed by atoms with Crippen LogP contribution in [0.5, 0.6) is 0 Å². The molecule has 7 unspecified atom stereocenters. The Hall–Kier alpha value is -2.12. The van der Waals surface area contributed by atoms with Crippen LogP contribution in [0.3, 0.4) is 0 Å². The van der Waals surface area contributed by atoms with E-state index in [1.807, 2.05) is 0 Å². The highest BCUT2D eigenvalue weighted by Gasteiger charge is 3.03. The summed E-state index contributed by atoms with van der Waals surface area (Å²) < 4.78 is 22.5. The van der Waals surface area contributed by atoms with E-state index in [-0.39, 0.29) is 29.6 Å². The summed E-state index contributed by atoms with van der Waals surface area (Å²) in [5.41, 5.74) is -2.77. The Morgan fingerprint density at radius 2 is 1.23 bits per heavy atom. The van der Waals surface area contributed by atoms with Crippen molar-refractivity contribution in [2.75, 3.05) is 0 Å². The van der Waals surface area contributed by atoms with Crippen molar-refractivity contribution in [1.82, 2.24) is 0 Å². The third kappa shape index (κ3) is 1.32. The fraction of sp³-hybridized carbons (Fsp3) is 0.826. The van der Waals surface area contributed by atoms with E-state index >= 15 is 0 Å². The van der Waals surface area contributed by atoms with E-state index in [2.05, 4.69) is 0 Å². The summed E-state index contributed by atoms with van der Waals surface area (Å²) in [6.07, 6.45) is 1.07. The van der Waals surface area contributed by atoms with Gasteiger partial charge in [-0.25, -0.2) is 0 Å². The summed E-state index contributed by atoms with van der Waals surface area (Å²) in [4.78, 5) is 54.5. The Morgan fingerprint density at radius 3 is 1.84 bits per heavy atom. The van der Waals surface area contributed by atoms with Gasteiger partial charge in [0.05, 0.1) is 0 Å². The number of carbonyl (C=O) groups excluding carboxylic acids is 4. The average molecular weight is 428 g/mol. The van der Waals surface area contributed by atoms with Crippen molar-refractivity contribution in [3.8, 4) is 0 Å². The molecule has 9 aliphatic rings. The molecule has 8 heteroatoms. The maximum absolute atomic E-state index is 13.8. The molecule has 2 heterocycles. The summed E-state index contributed by atoms with van der Waals surface area (Å²) in [6.45, 7) is 6.11. The van der Waals surface area contributed by atoms with Gasteiger partial charge in [-0.2, -0.15) is 0 Å². The lowest BCUT2D eigenvalue weighted by atomic mass is 9.51. The Morgan fingerprint density at radius 1 is 0.645 bits per heavy atom. The second-order valence-corrected chi connectivity index (χ2v) is 12.0. The quantitative estimate of drug-likeness (QED) is 0.454. The van der Waals surface area contributed by atoms with E-state index in [1.165, 1.54) is 27.7 Å². The SMILES string of the molecule is CC1(C)OC(=O)C([C@@]23C4C5C6C4[C@H]4C[C@@H]6C(C5C25C(=O)OC(C)(C)OC5=O)C43)C(=O)O1. The largest absolute Gasteiger partial charge is 0.422 e. The summed E-state index contributed by atoms with van der Waals surface area (Å²) in [5, 5.41) is 0. The van der Waals surface area contributed by atoms with Crippen LogP contribution < -0.4 is 0 Å². The van der Waals surface area contributed by atoms with Crippen LogP contribution in [-0.4, -0.2) is 35.5 Å². The zero-order valence-corrected chi connectivity index (χ0v) is 17.7. The lowest BCUT2D eigenvalue weighted by molar-refractivity contribution is -0.271. The van der Waals surface area contributed by atoms with E-state index in [0.717, 1.165) is 6.42 Å². The fourth-order valence-electron chi connectivity index (χ4n) is 11.1. The molecule has 164 valence electrons. The Kier molecular flexibility index (Phi) is 2.39. The van der Waals surface area contributed by atoms with Crippen molar-refractivity contribution in [2.24, 2.45) is 70.0 Å². The Labute approximate surface area is 178 Å². The van der Waals surface area contributed by atoms with Gasteiger partial charge in [0.15, 0.2) is 11.3 Å². The van der Waals surface area contributed by atoms with Gasteiger partial charge >= 0.3 is 23.9 Å². The van der Waals surface area contributed by atoms with Gasteiger partial charge in [0.1, 0.15) is 0 Å². The summed E-state index contributed by atoms with van der Waals surface area (Å²) in [5.74, 6) is -4.92. The van der Waals surface area contributed by atoms with Crippen LogP contribution in [0, 0.1) is 70.0 Å². The number of carbonyl (C=O) groups is 4. The summed E-state index contributed by atoms with van der Waals surface area (Å²) in [6, 6.07) is 0. The van der Waals surface area contributed by atoms with Crippen molar-refractivity contribution in [2.45, 2.75) is 45.7 Å². The molecule has 7 saturated carbocycles. The highest BCUT2D eigenvalue weighted by molar-refractivity contribution is 6.08. The standard InChI is InChI=1S/C23H24O8/c1-20(2)28-16(24)15(17(25)29-20)22-12-7-5-6-8-9(7)13(22)11(8)14(10(6)12)23(22)18(26)30-21(3,4)31-19(23)27/h6-15H,5H2,1-4H3/t6-,7+,8?,9?,10?,11?,12?,13?,14?,22+/m0/s1. The van der Waals surface area contributed by atoms with Crippen molar-refractivity contribution < 1.29 is 38.1 Å². The van der Waals surface area contributed by atoms with Gasteiger partial charge in [0.25, 0.3) is 11.6 Å². The molecular weight excluding hydrogens is 404 g/mol. The van der Waals surface area contributed by atoms with E-state index in [1.54, 1.807) is 0 Å². The number of ether oxygens (including phenoxy) is 4. The molecule has 0 radical (unpaired) electrons. The maximum Gasteiger partial charge on any atom is 0.327 e.